The lowest BCUT2D eigenvalue weighted by Crippen LogP contribution is -2.61. The number of carbonyl (C=O) groups is 4. The molecule has 0 aromatic rings. The Kier molecular flexibility index (Phi) is 2.72. The molecule has 0 saturated carbocycles. The van der Waals surface area contributed by atoms with Crippen molar-refractivity contribution in [1.82, 2.24) is 0 Å². The molecule has 0 radical (unpaired) electrons. The van der Waals surface area contributed by atoms with Crippen LogP contribution in [0.3, 0.4) is 0 Å². The fourth-order valence-electron chi connectivity index (χ4n) is 1.71. The van der Waals surface area contributed by atoms with E-state index >= 15 is 0 Å². The van der Waals surface area contributed by atoms with Gasteiger partial charge in [-0.05, 0) is 0 Å². The maximum Gasteiger partial charge on any atom is 0.400 e. The third kappa shape index (κ3) is 1.90. The van der Waals surface area contributed by atoms with Gasteiger partial charge in [-0.1, -0.05) is 0 Å². The second-order valence-electron chi connectivity index (χ2n) is 4.12. The summed E-state index contributed by atoms with van der Waals surface area (Å²) in [5, 5.41) is 19.4. The van der Waals surface area contributed by atoms with Crippen molar-refractivity contribution in [2.75, 3.05) is 0 Å². The molecule has 2 saturated heterocycles. The van der Waals surface area contributed by atoms with Gasteiger partial charge >= 0.3 is 29.6 Å². The van der Waals surface area contributed by atoms with Crippen molar-refractivity contribution >= 4 is 23.8 Å². The molecule has 2 aliphatic heterocycles. The number of aliphatic hydroxyl groups is 2. The van der Waals surface area contributed by atoms with Crippen molar-refractivity contribution < 1.29 is 43.6 Å². The number of fused-ring (bicyclic) bond motifs is 3. The first-order valence-corrected chi connectivity index (χ1v) is 5.05. The number of amides is 1. The van der Waals surface area contributed by atoms with Crippen LogP contribution in [0, 0.1) is 0 Å². The van der Waals surface area contributed by atoms with Gasteiger partial charge in [0.2, 0.25) is 0 Å². The minimum atomic E-state index is -3.01. The first-order chi connectivity index (χ1) is 8.69. The zero-order valence-electron chi connectivity index (χ0n) is 9.32. The van der Waals surface area contributed by atoms with Gasteiger partial charge in [-0.15, -0.1) is 0 Å². The molecule has 0 aromatic carbocycles. The van der Waals surface area contributed by atoms with Crippen molar-refractivity contribution in [1.29, 1.82) is 0 Å². The van der Waals surface area contributed by atoms with Gasteiger partial charge in [0.15, 0.2) is 5.60 Å². The quantitative estimate of drug-likeness (QED) is 0.415. The van der Waals surface area contributed by atoms with Crippen molar-refractivity contribution in [3.63, 3.8) is 0 Å². The van der Waals surface area contributed by atoms with Gasteiger partial charge in [0.25, 0.3) is 6.29 Å². The van der Waals surface area contributed by atoms with Gasteiger partial charge in [0.05, 0.1) is 12.8 Å². The molecule has 0 spiro atoms. The van der Waals surface area contributed by atoms with E-state index in [0.717, 1.165) is 0 Å². The van der Waals surface area contributed by atoms with Crippen LogP contribution in [0.25, 0.3) is 0 Å². The Morgan fingerprint density at radius 1 is 1.21 bits per heavy atom. The van der Waals surface area contributed by atoms with E-state index in [1.807, 2.05) is 0 Å². The van der Waals surface area contributed by atoms with Crippen LogP contribution in [-0.2, 0) is 33.4 Å². The summed E-state index contributed by atoms with van der Waals surface area (Å²) in [5.74, 6) is -8.55. The van der Waals surface area contributed by atoms with Crippen LogP contribution in [0.4, 0.5) is 0 Å². The average molecular weight is 275 g/mol. The highest BCUT2D eigenvalue weighted by Gasteiger charge is 2.63. The predicted octanol–water partition coefficient (Wildman–Crippen LogP) is -3.35. The second-order valence-corrected chi connectivity index (χ2v) is 4.12. The Hall–Kier alpha value is -2.20. The molecule has 2 heterocycles. The predicted molar refractivity (Wildman–Crippen MR) is 50.4 cm³/mol. The molecule has 2 fully saturated rings. The van der Waals surface area contributed by atoms with E-state index in [1.54, 1.807) is 0 Å². The van der Waals surface area contributed by atoms with E-state index in [9.17, 15) is 29.4 Å². The summed E-state index contributed by atoms with van der Waals surface area (Å²) in [6.45, 7) is 0. The third-order valence-electron chi connectivity index (χ3n) is 2.67. The van der Waals surface area contributed by atoms with Gasteiger partial charge in [-0.2, -0.15) is 0 Å². The van der Waals surface area contributed by atoms with Crippen molar-refractivity contribution in [2.45, 2.75) is 30.5 Å². The Morgan fingerprint density at radius 3 is 2.37 bits per heavy atom. The summed E-state index contributed by atoms with van der Waals surface area (Å²) < 4.78 is 13.3. The molecule has 0 aliphatic carbocycles. The van der Waals surface area contributed by atoms with E-state index < -0.39 is 54.3 Å². The monoisotopic (exact) mass is 275 g/mol. The lowest BCUT2D eigenvalue weighted by Gasteiger charge is -2.33. The molecule has 3 unspecified atom stereocenters. The Bertz CT molecular complexity index is 488. The Labute approximate surface area is 105 Å². The van der Waals surface area contributed by atoms with Crippen LogP contribution in [0.1, 0.15) is 12.8 Å². The second kappa shape index (κ2) is 3.90. The molecule has 104 valence electrons. The van der Waals surface area contributed by atoms with Gasteiger partial charge in [0.1, 0.15) is 0 Å². The summed E-state index contributed by atoms with van der Waals surface area (Å²) in [4.78, 5) is 45.8. The molecule has 2 rings (SSSR count). The number of carbonyl (C=O) groups excluding carboxylic acids is 4. The lowest BCUT2D eigenvalue weighted by atomic mass is 9.95. The van der Waals surface area contributed by atoms with Gasteiger partial charge in [-0.25, -0.2) is 4.79 Å². The summed E-state index contributed by atoms with van der Waals surface area (Å²) in [7, 11) is 0. The Balaban J connectivity index is 2.59. The molecule has 3 atom stereocenters. The molecule has 1 amide bonds. The minimum Gasteiger partial charge on any atom is -0.426 e. The highest BCUT2D eigenvalue weighted by molar-refractivity contribution is 5.97. The largest absolute Gasteiger partial charge is 0.426 e. The Morgan fingerprint density at radius 2 is 1.79 bits per heavy atom. The van der Waals surface area contributed by atoms with Gasteiger partial charge < -0.3 is 30.2 Å². The standard InChI is InChI=1S/C9H9NO9/c10-5(13)9-7(15)17-3(11)1-8(16,6(14)19-9)2-4(12)18-9/h7,15-16H,1-2H2,(H2,10,13). The number of hydrogen-bond donors (Lipinski definition) is 3. The highest BCUT2D eigenvalue weighted by Crippen LogP contribution is 2.33. The minimum absolute atomic E-state index is 0.938. The molecule has 10 nitrogen and oxygen atoms in total. The SMILES string of the molecule is NC(=O)C12OC(=O)CC(O)(CC(=O)OC1O)C(=O)O2. The van der Waals surface area contributed by atoms with Gasteiger partial charge in [-0.3, -0.25) is 14.4 Å². The fourth-order valence-corrected chi connectivity index (χ4v) is 1.71. The van der Waals surface area contributed by atoms with Crippen LogP contribution < -0.4 is 5.73 Å². The molecular formula is C9H9NO9. The zero-order valence-corrected chi connectivity index (χ0v) is 9.32. The number of ether oxygens (including phenoxy) is 3. The van der Waals surface area contributed by atoms with Crippen LogP contribution >= 0.6 is 0 Å². The molecule has 19 heavy (non-hydrogen) atoms. The topological polar surface area (TPSA) is 162 Å². The zero-order chi connectivity index (χ0) is 14.4. The number of cyclic esters (lactones) is 1. The number of primary amides is 1. The number of nitrogens with two attached hydrogens (primary N) is 1. The van der Waals surface area contributed by atoms with Crippen LogP contribution in [-0.4, -0.2) is 51.7 Å². The van der Waals surface area contributed by atoms with Crippen molar-refractivity contribution in [3.8, 4) is 0 Å². The molecule has 4 N–H and O–H groups in total. The summed E-state index contributed by atoms with van der Waals surface area (Å²) >= 11 is 0. The molecule has 2 aliphatic rings. The normalized spacial score (nSPS) is 38.4. The number of rotatable bonds is 1. The van der Waals surface area contributed by atoms with Gasteiger partial charge in [0, 0.05) is 0 Å². The third-order valence-corrected chi connectivity index (χ3v) is 2.67. The molecule has 0 aromatic heterocycles. The van der Waals surface area contributed by atoms with Crippen LogP contribution in [0.5, 0.6) is 0 Å². The molecular weight excluding hydrogens is 266 g/mol. The van der Waals surface area contributed by atoms with Crippen molar-refractivity contribution in [3.05, 3.63) is 0 Å². The fraction of sp³-hybridized carbons (Fsp3) is 0.556. The maximum atomic E-state index is 11.7. The first kappa shape index (κ1) is 13.2. The average Bonchev–Trinajstić information content (AvgIpc) is 2.31. The molecule has 2 bridgehead atoms. The van der Waals surface area contributed by atoms with E-state index in [0.29, 0.717) is 0 Å². The number of hydrogen-bond acceptors (Lipinski definition) is 9. The van der Waals surface area contributed by atoms with Crippen molar-refractivity contribution in [2.24, 2.45) is 5.73 Å². The maximum absolute atomic E-state index is 11.7. The van der Waals surface area contributed by atoms with Crippen LogP contribution in [0.15, 0.2) is 0 Å². The lowest BCUT2D eigenvalue weighted by molar-refractivity contribution is -0.296. The van der Waals surface area contributed by atoms with E-state index in [1.165, 1.54) is 0 Å². The highest BCUT2D eigenvalue weighted by atomic mass is 16.8. The van der Waals surface area contributed by atoms with E-state index in [2.05, 4.69) is 14.2 Å². The van der Waals surface area contributed by atoms with E-state index in [4.69, 9.17) is 5.73 Å². The summed E-state index contributed by atoms with van der Waals surface area (Å²) in [6, 6.07) is 0. The first-order valence-electron chi connectivity index (χ1n) is 5.05. The number of esters is 3. The van der Waals surface area contributed by atoms with Crippen LogP contribution in [0.2, 0.25) is 0 Å². The summed E-state index contributed by atoms with van der Waals surface area (Å²) in [5.41, 5.74) is 2.37. The van der Waals surface area contributed by atoms with E-state index in [-0.39, 0.29) is 0 Å². The summed E-state index contributed by atoms with van der Waals surface area (Å²) in [6.07, 6.45) is -4.30. The number of aliphatic hydroxyl groups excluding tert-OH is 1. The molecule has 10 heteroatoms. The smallest absolute Gasteiger partial charge is 0.400 e.